The van der Waals surface area contributed by atoms with Gasteiger partial charge in [-0.1, -0.05) is 18.2 Å². The Morgan fingerprint density at radius 1 is 1.00 bits per heavy atom. The van der Waals surface area contributed by atoms with Gasteiger partial charge >= 0.3 is 11.0 Å². The molecule has 3 rings (SSSR count). The number of hydrogen-bond acceptors (Lipinski definition) is 8. The molecule has 3 aromatic rings. The molecular weight excluding hydrogens is 426 g/mol. The van der Waals surface area contributed by atoms with Gasteiger partial charge in [0.25, 0.3) is 11.6 Å². The molecule has 2 aromatic carbocycles. The number of benzene rings is 2. The Balaban J connectivity index is 2.16. The van der Waals surface area contributed by atoms with Crippen LogP contribution in [0.25, 0.3) is 11.1 Å². The summed E-state index contributed by atoms with van der Waals surface area (Å²) >= 11 is 0.611. The van der Waals surface area contributed by atoms with Crippen molar-refractivity contribution in [3.8, 4) is 11.1 Å². The van der Waals surface area contributed by atoms with Crippen molar-refractivity contribution in [2.24, 2.45) is 0 Å². The number of nitrogens with one attached hydrogen (secondary N) is 1. The SMILES string of the molecule is CCOC(=O)c1c(NC(=O)c2ccccc2)sc([N+](=O)[O-])c1-c1ccc([N+](=O)[O-])cc1. The molecule has 1 amide bonds. The van der Waals surface area contributed by atoms with Crippen molar-refractivity contribution in [1.82, 2.24) is 0 Å². The van der Waals surface area contributed by atoms with E-state index < -0.39 is 26.7 Å². The van der Waals surface area contributed by atoms with Gasteiger partial charge in [0.2, 0.25) is 0 Å². The Kier molecular flexibility index (Phi) is 6.36. The molecule has 11 heteroatoms. The minimum absolute atomic E-state index is 0.00819. The highest BCUT2D eigenvalue weighted by Gasteiger charge is 2.33. The van der Waals surface area contributed by atoms with Gasteiger partial charge in [0.05, 0.1) is 22.0 Å². The van der Waals surface area contributed by atoms with Crippen LogP contribution in [-0.4, -0.2) is 28.3 Å². The zero-order chi connectivity index (χ0) is 22.5. The maximum atomic E-state index is 12.7. The summed E-state index contributed by atoms with van der Waals surface area (Å²) in [5, 5.41) is 24.7. The van der Waals surface area contributed by atoms with E-state index in [-0.39, 0.29) is 34.0 Å². The lowest BCUT2D eigenvalue weighted by Gasteiger charge is -2.08. The summed E-state index contributed by atoms with van der Waals surface area (Å²) in [5.41, 5.74) is 0.0300. The first kappa shape index (κ1) is 21.6. The van der Waals surface area contributed by atoms with Crippen LogP contribution in [0.2, 0.25) is 0 Å². The van der Waals surface area contributed by atoms with E-state index in [9.17, 15) is 29.8 Å². The fourth-order valence-corrected chi connectivity index (χ4v) is 3.84. The molecule has 0 unspecified atom stereocenters. The van der Waals surface area contributed by atoms with Gasteiger partial charge in [-0.3, -0.25) is 25.0 Å². The van der Waals surface area contributed by atoms with Gasteiger partial charge in [-0.25, -0.2) is 4.79 Å². The fraction of sp³-hybridized carbons (Fsp3) is 0.100. The van der Waals surface area contributed by atoms with E-state index in [1.54, 1.807) is 37.3 Å². The zero-order valence-electron chi connectivity index (χ0n) is 16.1. The summed E-state index contributed by atoms with van der Waals surface area (Å²) in [7, 11) is 0. The molecule has 1 aromatic heterocycles. The van der Waals surface area contributed by atoms with Gasteiger partial charge in [0.1, 0.15) is 10.6 Å². The average molecular weight is 441 g/mol. The van der Waals surface area contributed by atoms with Crippen LogP contribution in [0.1, 0.15) is 27.6 Å². The highest BCUT2D eigenvalue weighted by molar-refractivity contribution is 7.20. The largest absolute Gasteiger partial charge is 0.462 e. The number of nitro groups is 2. The number of carbonyl (C=O) groups is 2. The van der Waals surface area contributed by atoms with Gasteiger partial charge in [-0.2, -0.15) is 0 Å². The molecule has 0 atom stereocenters. The number of esters is 1. The topological polar surface area (TPSA) is 142 Å². The summed E-state index contributed by atoms with van der Waals surface area (Å²) in [6.07, 6.45) is 0. The standard InChI is InChI=1S/C20H15N3O7S/c1-2-30-20(25)16-15(12-8-10-14(11-9-12)22(26)27)19(23(28)29)31-18(16)21-17(24)13-6-4-3-5-7-13/h3-11H,2H2,1H3,(H,21,24). The first-order valence-electron chi connectivity index (χ1n) is 8.93. The van der Waals surface area contributed by atoms with E-state index in [1.807, 2.05) is 0 Å². The summed E-state index contributed by atoms with van der Waals surface area (Å²) in [6.45, 7) is 1.58. The molecular formula is C20H15N3O7S. The van der Waals surface area contributed by atoms with Crippen LogP contribution in [-0.2, 0) is 4.74 Å². The number of thiophene rings is 1. The summed E-state index contributed by atoms with van der Waals surface area (Å²) in [4.78, 5) is 46.6. The van der Waals surface area contributed by atoms with Crippen molar-refractivity contribution < 1.29 is 24.2 Å². The molecule has 158 valence electrons. The van der Waals surface area contributed by atoms with E-state index >= 15 is 0 Å². The summed E-state index contributed by atoms with van der Waals surface area (Å²) in [5.74, 6) is -1.42. The molecule has 0 radical (unpaired) electrons. The molecule has 1 N–H and O–H groups in total. The molecule has 0 saturated heterocycles. The first-order valence-corrected chi connectivity index (χ1v) is 9.74. The van der Waals surface area contributed by atoms with Gasteiger partial charge < -0.3 is 10.1 Å². The van der Waals surface area contributed by atoms with Gasteiger partial charge in [-0.05, 0) is 48.1 Å². The normalized spacial score (nSPS) is 10.4. The van der Waals surface area contributed by atoms with Crippen LogP contribution < -0.4 is 5.32 Å². The van der Waals surface area contributed by atoms with Crippen LogP contribution in [0.5, 0.6) is 0 Å². The molecule has 10 nitrogen and oxygen atoms in total. The molecule has 0 aliphatic rings. The van der Waals surface area contributed by atoms with Crippen molar-refractivity contribution in [2.45, 2.75) is 6.92 Å². The summed E-state index contributed by atoms with van der Waals surface area (Å²) < 4.78 is 5.06. The number of nitrogens with zero attached hydrogens (tertiary/aromatic N) is 2. The van der Waals surface area contributed by atoms with Crippen molar-refractivity contribution in [3.05, 3.63) is 86.0 Å². The third kappa shape index (κ3) is 4.56. The minimum Gasteiger partial charge on any atom is -0.462 e. The lowest BCUT2D eigenvalue weighted by Crippen LogP contribution is -2.14. The highest BCUT2D eigenvalue weighted by Crippen LogP contribution is 2.46. The van der Waals surface area contributed by atoms with E-state index in [4.69, 9.17) is 4.74 Å². The predicted molar refractivity (Wildman–Crippen MR) is 113 cm³/mol. The molecule has 0 aliphatic heterocycles. The number of ether oxygens (including phenoxy) is 1. The van der Waals surface area contributed by atoms with Crippen molar-refractivity contribution >= 4 is 38.9 Å². The quantitative estimate of drug-likeness (QED) is 0.319. The van der Waals surface area contributed by atoms with Crippen molar-refractivity contribution in [1.29, 1.82) is 0 Å². The Morgan fingerprint density at radius 3 is 2.19 bits per heavy atom. The Labute approximate surface area is 179 Å². The number of hydrogen-bond donors (Lipinski definition) is 1. The van der Waals surface area contributed by atoms with Crippen LogP contribution in [0, 0.1) is 20.2 Å². The lowest BCUT2D eigenvalue weighted by molar-refractivity contribution is -0.384. The first-order chi connectivity index (χ1) is 14.8. The third-order valence-electron chi connectivity index (χ3n) is 4.16. The molecule has 0 aliphatic carbocycles. The predicted octanol–water partition coefficient (Wildman–Crippen LogP) is 4.66. The highest BCUT2D eigenvalue weighted by atomic mass is 32.1. The summed E-state index contributed by atoms with van der Waals surface area (Å²) in [6, 6.07) is 13.1. The maximum Gasteiger partial charge on any atom is 0.342 e. The van der Waals surface area contributed by atoms with E-state index in [0.717, 1.165) is 0 Å². The van der Waals surface area contributed by atoms with Crippen LogP contribution >= 0.6 is 11.3 Å². The zero-order valence-corrected chi connectivity index (χ0v) is 16.9. The second kappa shape index (κ2) is 9.13. The van der Waals surface area contributed by atoms with Crippen molar-refractivity contribution in [2.75, 3.05) is 11.9 Å². The van der Waals surface area contributed by atoms with Crippen molar-refractivity contribution in [3.63, 3.8) is 0 Å². The van der Waals surface area contributed by atoms with Crippen LogP contribution in [0.15, 0.2) is 54.6 Å². The Morgan fingerprint density at radius 2 is 1.65 bits per heavy atom. The minimum atomic E-state index is -0.858. The number of non-ortho nitro benzene ring substituents is 1. The number of nitro benzene ring substituents is 1. The molecule has 0 saturated carbocycles. The van der Waals surface area contributed by atoms with Crippen LogP contribution in [0.3, 0.4) is 0 Å². The monoisotopic (exact) mass is 441 g/mol. The Bertz CT molecular complexity index is 1160. The second-order valence-electron chi connectivity index (χ2n) is 6.09. The smallest absolute Gasteiger partial charge is 0.342 e. The second-order valence-corrected chi connectivity index (χ2v) is 7.09. The molecule has 0 bridgehead atoms. The molecule has 1 heterocycles. The number of anilines is 1. The average Bonchev–Trinajstić information content (AvgIpc) is 3.14. The van der Waals surface area contributed by atoms with Gasteiger partial charge in [0.15, 0.2) is 0 Å². The van der Waals surface area contributed by atoms with Gasteiger partial charge in [0, 0.05) is 17.7 Å². The van der Waals surface area contributed by atoms with E-state index in [0.29, 0.717) is 16.9 Å². The number of carbonyl (C=O) groups excluding carboxylic acids is 2. The van der Waals surface area contributed by atoms with E-state index in [1.165, 1.54) is 24.3 Å². The van der Waals surface area contributed by atoms with Crippen LogP contribution in [0.4, 0.5) is 15.7 Å². The molecule has 0 spiro atoms. The molecule has 31 heavy (non-hydrogen) atoms. The number of rotatable bonds is 7. The molecule has 0 fully saturated rings. The van der Waals surface area contributed by atoms with E-state index in [2.05, 4.69) is 5.32 Å². The maximum absolute atomic E-state index is 12.7. The van der Waals surface area contributed by atoms with Gasteiger partial charge in [-0.15, -0.1) is 0 Å². The number of amides is 1. The Hall–Kier alpha value is -4.12. The lowest BCUT2D eigenvalue weighted by atomic mass is 10.0. The third-order valence-corrected chi connectivity index (χ3v) is 5.22. The fourth-order valence-electron chi connectivity index (χ4n) is 2.82.